The van der Waals surface area contributed by atoms with Gasteiger partial charge in [0.25, 0.3) is 0 Å². The normalized spacial score (nSPS) is 11.8. The van der Waals surface area contributed by atoms with Crippen molar-refractivity contribution in [2.45, 2.75) is 0 Å². The van der Waals surface area contributed by atoms with Crippen molar-refractivity contribution < 1.29 is 8.42 Å². The van der Waals surface area contributed by atoms with E-state index in [-0.39, 0.29) is 5.75 Å². The van der Waals surface area contributed by atoms with Gasteiger partial charge in [-0.2, -0.15) is 0 Å². The number of rotatable bonds is 4. The Hall–Kier alpha value is -1.21. The van der Waals surface area contributed by atoms with Gasteiger partial charge in [-0.3, -0.25) is 0 Å². The molecule has 0 saturated heterocycles. The van der Waals surface area contributed by atoms with Crippen molar-refractivity contribution in [3.63, 3.8) is 0 Å². The number of nitrogens with zero attached hydrogens (tertiary/aromatic N) is 2. The minimum atomic E-state index is -2.94. The molecular formula is C9H11N3O2S2. The number of sulfone groups is 1. The van der Waals surface area contributed by atoms with E-state index in [2.05, 4.69) is 15.3 Å². The van der Waals surface area contributed by atoms with Crippen molar-refractivity contribution in [3.8, 4) is 0 Å². The Labute approximate surface area is 97.5 Å². The van der Waals surface area contributed by atoms with Crippen LogP contribution in [0.25, 0.3) is 10.2 Å². The van der Waals surface area contributed by atoms with Crippen molar-refractivity contribution in [1.29, 1.82) is 0 Å². The fraction of sp³-hybridized carbons (Fsp3) is 0.333. The van der Waals surface area contributed by atoms with Gasteiger partial charge in [-0.25, -0.2) is 18.4 Å². The third kappa shape index (κ3) is 2.67. The van der Waals surface area contributed by atoms with Crippen molar-refractivity contribution in [2.24, 2.45) is 0 Å². The molecule has 2 aromatic rings. The van der Waals surface area contributed by atoms with E-state index in [9.17, 15) is 8.42 Å². The van der Waals surface area contributed by atoms with Crippen LogP contribution in [0.4, 0.5) is 5.82 Å². The zero-order valence-corrected chi connectivity index (χ0v) is 10.3. The van der Waals surface area contributed by atoms with E-state index in [4.69, 9.17) is 0 Å². The summed E-state index contributed by atoms with van der Waals surface area (Å²) in [5.41, 5.74) is 0.877. The number of nitrogens with one attached hydrogen (secondary N) is 1. The van der Waals surface area contributed by atoms with Crippen LogP contribution in [-0.4, -0.2) is 36.9 Å². The van der Waals surface area contributed by atoms with Crippen LogP contribution in [0.5, 0.6) is 0 Å². The lowest BCUT2D eigenvalue weighted by Gasteiger charge is -2.04. The largest absolute Gasteiger partial charge is 0.368 e. The van der Waals surface area contributed by atoms with Gasteiger partial charge in [0.05, 0.1) is 16.0 Å². The summed E-state index contributed by atoms with van der Waals surface area (Å²) in [4.78, 5) is 8.19. The smallest absolute Gasteiger partial charge is 0.149 e. The summed E-state index contributed by atoms with van der Waals surface area (Å²) in [6.45, 7) is 0.364. The lowest BCUT2D eigenvalue weighted by molar-refractivity contribution is 0.602. The van der Waals surface area contributed by atoms with Crippen LogP contribution < -0.4 is 5.32 Å². The maximum atomic E-state index is 11.0. The van der Waals surface area contributed by atoms with Crippen LogP contribution in [0.2, 0.25) is 0 Å². The third-order valence-corrected chi connectivity index (χ3v) is 3.86. The quantitative estimate of drug-likeness (QED) is 0.889. The molecule has 0 aliphatic rings. The topological polar surface area (TPSA) is 72.0 Å². The van der Waals surface area contributed by atoms with Crippen molar-refractivity contribution in [3.05, 3.63) is 17.8 Å². The van der Waals surface area contributed by atoms with Crippen LogP contribution in [0, 0.1) is 0 Å². The first-order valence-electron chi connectivity index (χ1n) is 4.66. The van der Waals surface area contributed by atoms with Gasteiger partial charge < -0.3 is 5.32 Å². The van der Waals surface area contributed by atoms with Crippen molar-refractivity contribution >= 4 is 37.2 Å². The Balaban J connectivity index is 2.12. The summed E-state index contributed by atoms with van der Waals surface area (Å²) in [5, 5.41) is 4.94. The number of fused-ring (bicyclic) bond motifs is 1. The first-order chi connectivity index (χ1) is 7.56. The van der Waals surface area contributed by atoms with E-state index in [1.165, 1.54) is 23.9 Å². The Morgan fingerprint density at radius 1 is 1.44 bits per heavy atom. The standard InChI is InChI=1S/C9H11N3O2S2/c1-16(13,14)5-3-10-9-8-7(2-4-15-8)11-6-12-9/h2,4,6H,3,5H2,1H3,(H,10,11,12). The molecule has 86 valence electrons. The molecule has 0 saturated carbocycles. The summed E-state index contributed by atoms with van der Waals surface area (Å²) in [6.07, 6.45) is 2.69. The highest BCUT2D eigenvalue weighted by molar-refractivity contribution is 7.90. The molecule has 2 rings (SSSR count). The van der Waals surface area contributed by atoms with Crippen molar-refractivity contribution in [2.75, 3.05) is 23.9 Å². The molecule has 16 heavy (non-hydrogen) atoms. The van der Waals surface area contributed by atoms with Gasteiger partial charge >= 0.3 is 0 Å². The third-order valence-electron chi connectivity index (χ3n) is 2.01. The van der Waals surface area contributed by atoms with Crippen LogP contribution >= 0.6 is 11.3 Å². The number of aromatic nitrogens is 2. The van der Waals surface area contributed by atoms with Gasteiger partial charge in [-0.1, -0.05) is 0 Å². The summed E-state index contributed by atoms with van der Waals surface area (Å²) in [7, 11) is -2.94. The minimum absolute atomic E-state index is 0.101. The lowest BCUT2D eigenvalue weighted by atomic mass is 10.4. The van der Waals surface area contributed by atoms with E-state index in [0.29, 0.717) is 12.4 Å². The van der Waals surface area contributed by atoms with Gasteiger partial charge in [0.15, 0.2) is 0 Å². The molecule has 2 heterocycles. The zero-order chi connectivity index (χ0) is 11.6. The fourth-order valence-electron chi connectivity index (χ4n) is 1.27. The number of thiophene rings is 1. The van der Waals surface area contributed by atoms with Gasteiger partial charge in [0.2, 0.25) is 0 Å². The molecule has 0 radical (unpaired) electrons. The second-order valence-electron chi connectivity index (χ2n) is 3.41. The second kappa shape index (κ2) is 4.34. The predicted octanol–water partition coefficient (Wildman–Crippen LogP) is 1.15. The zero-order valence-electron chi connectivity index (χ0n) is 8.67. The molecule has 5 nitrogen and oxygen atoms in total. The average molecular weight is 257 g/mol. The van der Waals surface area contributed by atoms with Crippen LogP contribution in [0.3, 0.4) is 0 Å². The maximum Gasteiger partial charge on any atom is 0.149 e. The van der Waals surface area contributed by atoms with Gasteiger partial charge in [-0.15, -0.1) is 11.3 Å². The Morgan fingerprint density at radius 2 is 2.25 bits per heavy atom. The SMILES string of the molecule is CS(=O)(=O)CCNc1ncnc2ccsc12. The first-order valence-corrected chi connectivity index (χ1v) is 7.60. The molecule has 0 bridgehead atoms. The van der Waals surface area contributed by atoms with Crippen LogP contribution in [0.1, 0.15) is 0 Å². The minimum Gasteiger partial charge on any atom is -0.368 e. The van der Waals surface area contributed by atoms with Gasteiger partial charge in [0.1, 0.15) is 22.0 Å². The molecule has 0 aliphatic heterocycles. The Kier molecular flexibility index (Phi) is 3.06. The first kappa shape index (κ1) is 11.3. The average Bonchev–Trinajstić information content (AvgIpc) is 2.64. The van der Waals surface area contributed by atoms with Crippen molar-refractivity contribution in [1.82, 2.24) is 9.97 Å². The molecule has 0 aliphatic carbocycles. The molecule has 1 N–H and O–H groups in total. The Morgan fingerprint density at radius 3 is 3.00 bits per heavy atom. The predicted molar refractivity (Wildman–Crippen MR) is 65.6 cm³/mol. The highest BCUT2D eigenvalue weighted by atomic mass is 32.2. The summed E-state index contributed by atoms with van der Waals surface area (Å²) < 4.78 is 22.9. The summed E-state index contributed by atoms with van der Waals surface area (Å²) in [6, 6.07) is 1.91. The molecule has 2 aromatic heterocycles. The fourth-order valence-corrected chi connectivity index (χ4v) is 2.55. The van der Waals surface area contributed by atoms with Crippen LogP contribution in [-0.2, 0) is 9.84 Å². The lowest BCUT2D eigenvalue weighted by Crippen LogP contribution is -2.14. The summed E-state index contributed by atoms with van der Waals surface area (Å²) in [5.74, 6) is 0.799. The van der Waals surface area contributed by atoms with E-state index in [0.717, 1.165) is 10.2 Å². The second-order valence-corrected chi connectivity index (χ2v) is 6.59. The molecule has 0 atom stereocenters. The number of hydrogen-bond donors (Lipinski definition) is 1. The Bertz CT molecular complexity index is 592. The molecule has 7 heteroatoms. The number of anilines is 1. The molecule has 0 unspecified atom stereocenters. The maximum absolute atomic E-state index is 11.0. The molecular weight excluding hydrogens is 246 g/mol. The molecule has 0 fully saturated rings. The molecule has 0 amide bonds. The monoisotopic (exact) mass is 257 g/mol. The van der Waals surface area contributed by atoms with E-state index in [1.54, 1.807) is 0 Å². The van der Waals surface area contributed by atoms with Gasteiger partial charge in [-0.05, 0) is 11.4 Å². The van der Waals surface area contributed by atoms with E-state index >= 15 is 0 Å². The highest BCUT2D eigenvalue weighted by Gasteiger charge is 2.06. The van der Waals surface area contributed by atoms with Crippen LogP contribution in [0.15, 0.2) is 17.8 Å². The molecule has 0 aromatic carbocycles. The van der Waals surface area contributed by atoms with Gasteiger partial charge in [0, 0.05) is 12.8 Å². The van der Waals surface area contributed by atoms with E-state index < -0.39 is 9.84 Å². The highest BCUT2D eigenvalue weighted by Crippen LogP contribution is 2.24. The summed E-state index contributed by atoms with van der Waals surface area (Å²) >= 11 is 1.53. The van der Waals surface area contributed by atoms with E-state index in [1.807, 2.05) is 11.4 Å². The molecule has 0 spiro atoms. The number of hydrogen-bond acceptors (Lipinski definition) is 6.